The molecule has 0 spiro atoms. The lowest BCUT2D eigenvalue weighted by Crippen LogP contribution is -2.26. The van der Waals surface area contributed by atoms with Crippen molar-refractivity contribution in [3.63, 3.8) is 0 Å². The Labute approximate surface area is 123 Å². The van der Waals surface area contributed by atoms with Gasteiger partial charge in [-0.2, -0.15) is 0 Å². The quantitative estimate of drug-likeness (QED) is 0.617. The molecule has 0 aliphatic heterocycles. The molecule has 17 heavy (non-hydrogen) atoms. The molecule has 1 saturated carbocycles. The van der Waals surface area contributed by atoms with Crippen LogP contribution in [0.4, 0.5) is 0 Å². The van der Waals surface area contributed by atoms with Crippen molar-refractivity contribution in [3.05, 3.63) is 19.2 Å². The van der Waals surface area contributed by atoms with E-state index in [0.717, 1.165) is 31.9 Å². The van der Waals surface area contributed by atoms with Crippen LogP contribution in [-0.4, -0.2) is 5.78 Å². The topological polar surface area (TPSA) is 17.1 Å². The molecule has 1 aromatic heterocycles. The van der Waals surface area contributed by atoms with Gasteiger partial charge in [-0.25, -0.2) is 0 Å². The second-order valence-electron chi connectivity index (χ2n) is 5.07. The van der Waals surface area contributed by atoms with Crippen LogP contribution in [0, 0.1) is 17.8 Å². The SMILES string of the molecule is CC1CCC(C(=O)c2cc(Br)sc2Br)CC1C. The Balaban J connectivity index is 2.13. The molecule has 0 amide bonds. The summed E-state index contributed by atoms with van der Waals surface area (Å²) in [5, 5.41) is 0. The van der Waals surface area contributed by atoms with E-state index in [0.29, 0.717) is 11.7 Å². The zero-order chi connectivity index (χ0) is 12.6. The molecular formula is C13H16Br2OS. The summed E-state index contributed by atoms with van der Waals surface area (Å²) in [4.78, 5) is 12.4. The molecule has 94 valence electrons. The van der Waals surface area contributed by atoms with Crippen LogP contribution in [0.5, 0.6) is 0 Å². The molecule has 0 saturated heterocycles. The van der Waals surface area contributed by atoms with E-state index >= 15 is 0 Å². The van der Waals surface area contributed by atoms with Crippen LogP contribution in [-0.2, 0) is 0 Å². The number of halogens is 2. The van der Waals surface area contributed by atoms with Crippen molar-refractivity contribution < 1.29 is 4.79 Å². The van der Waals surface area contributed by atoms with Gasteiger partial charge in [0.25, 0.3) is 0 Å². The Hall–Kier alpha value is 0.330. The maximum Gasteiger partial charge on any atom is 0.167 e. The van der Waals surface area contributed by atoms with Gasteiger partial charge in [-0.05, 0) is 69.0 Å². The van der Waals surface area contributed by atoms with E-state index in [4.69, 9.17) is 0 Å². The van der Waals surface area contributed by atoms with Gasteiger partial charge in [0.1, 0.15) is 0 Å². The molecule has 1 aromatic rings. The normalized spacial score (nSPS) is 29.3. The summed E-state index contributed by atoms with van der Waals surface area (Å²) in [5.41, 5.74) is 0.855. The van der Waals surface area contributed by atoms with Crippen molar-refractivity contribution in [2.45, 2.75) is 33.1 Å². The van der Waals surface area contributed by atoms with Crippen molar-refractivity contribution in [1.82, 2.24) is 0 Å². The van der Waals surface area contributed by atoms with Crippen LogP contribution >= 0.6 is 43.2 Å². The summed E-state index contributed by atoms with van der Waals surface area (Å²) in [7, 11) is 0. The number of ketones is 1. The number of rotatable bonds is 2. The average Bonchev–Trinajstić information content (AvgIpc) is 2.61. The molecule has 0 aromatic carbocycles. The standard InChI is InChI=1S/C13H16Br2OS/c1-7-3-4-9(5-8(7)2)12(16)10-6-11(14)17-13(10)15/h6-9H,3-5H2,1-2H3. The second kappa shape index (κ2) is 5.54. The summed E-state index contributed by atoms with van der Waals surface area (Å²) < 4.78 is 1.98. The Bertz CT molecular complexity index is 427. The summed E-state index contributed by atoms with van der Waals surface area (Å²) in [6.07, 6.45) is 3.27. The molecule has 1 fully saturated rings. The maximum absolute atomic E-state index is 12.4. The fourth-order valence-corrected chi connectivity index (χ4v) is 5.33. The van der Waals surface area contributed by atoms with E-state index in [1.165, 1.54) is 6.42 Å². The van der Waals surface area contributed by atoms with Crippen LogP contribution in [0.3, 0.4) is 0 Å². The molecule has 1 aliphatic rings. The van der Waals surface area contributed by atoms with E-state index in [1.807, 2.05) is 6.07 Å². The zero-order valence-electron chi connectivity index (χ0n) is 10.0. The third-order valence-corrected chi connectivity index (χ3v) is 6.23. The first-order chi connectivity index (χ1) is 7.99. The van der Waals surface area contributed by atoms with Crippen molar-refractivity contribution in [2.75, 3.05) is 0 Å². The monoisotopic (exact) mass is 378 g/mol. The first-order valence-electron chi connectivity index (χ1n) is 5.98. The van der Waals surface area contributed by atoms with Gasteiger partial charge in [-0.3, -0.25) is 4.79 Å². The molecule has 0 radical (unpaired) electrons. The molecule has 1 nitrogen and oxygen atoms in total. The fourth-order valence-electron chi connectivity index (χ4n) is 2.51. The Morgan fingerprint density at radius 1 is 1.29 bits per heavy atom. The summed E-state index contributed by atoms with van der Waals surface area (Å²) in [6, 6.07) is 1.94. The third kappa shape index (κ3) is 3.02. The molecule has 3 atom stereocenters. The van der Waals surface area contributed by atoms with Gasteiger partial charge in [0.15, 0.2) is 5.78 Å². The summed E-state index contributed by atoms with van der Waals surface area (Å²) >= 11 is 8.49. The predicted octanol–water partition coefficient (Wildman–Crippen LogP) is 5.53. The van der Waals surface area contributed by atoms with Gasteiger partial charge >= 0.3 is 0 Å². The van der Waals surface area contributed by atoms with Crippen molar-refractivity contribution in [1.29, 1.82) is 0 Å². The molecule has 1 heterocycles. The minimum atomic E-state index is 0.221. The second-order valence-corrected chi connectivity index (χ2v) is 8.82. The number of Topliss-reactive ketones (excluding diaryl/α,β-unsaturated/α-hetero) is 1. The van der Waals surface area contributed by atoms with Crippen LogP contribution in [0.25, 0.3) is 0 Å². The molecule has 0 N–H and O–H groups in total. The van der Waals surface area contributed by atoms with Gasteiger partial charge in [-0.15, -0.1) is 11.3 Å². The average molecular weight is 380 g/mol. The van der Waals surface area contributed by atoms with Gasteiger partial charge < -0.3 is 0 Å². The van der Waals surface area contributed by atoms with Gasteiger partial charge in [0.05, 0.1) is 7.57 Å². The molecule has 0 bridgehead atoms. The van der Waals surface area contributed by atoms with Crippen LogP contribution in [0.2, 0.25) is 0 Å². The van der Waals surface area contributed by atoms with Crippen LogP contribution in [0.15, 0.2) is 13.6 Å². The highest BCUT2D eigenvalue weighted by molar-refractivity contribution is 9.12. The smallest absolute Gasteiger partial charge is 0.167 e. The number of carbonyl (C=O) groups is 1. The molecule has 1 aliphatic carbocycles. The highest BCUT2D eigenvalue weighted by Crippen LogP contribution is 2.38. The third-order valence-electron chi connectivity index (χ3n) is 3.89. The Morgan fingerprint density at radius 2 is 2.00 bits per heavy atom. The maximum atomic E-state index is 12.4. The lowest BCUT2D eigenvalue weighted by Gasteiger charge is -2.31. The Kier molecular flexibility index (Phi) is 4.48. The van der Waals surface area contributed by atoms with Gasteiger partial charge in [0, 0.05) is 11.5 Å². The largest absolute Gasteiger partial charge is 0.294 e. The predicted molar refractivity (Wildman–Crippen MR) is 79.7 cm³/mol. The first kappa shape index (κ1) is 13.8. The highest BCUT2D eigenvalue weighted by atomic mass is 79.9. The molecule has 2 rings (SSSR count). The number of thiophene rings is 1. The highest BCUT2D eigenvalue weighted by Gasteiger charge is 2.31. The van der Waals surface area contributed by atoms with Crippen molar-refractivity contribution in [2.24, 2.45) is 17.8 Å². The molecule has 3 unspecified atom stereocenters. The lowest BCUT2D eigenvalue weighted by atomic mass is 9.73. The van der Waals surface area contributed by atoms with E-state index in [1.54, 1.807) is 11.3 Å². The minimum Gasteiger partial charge on any atom is -0.294 e. The number of carbonyl (C=O) groups excluding carboxylic acids is 1. The summed E-state index contributed by atoms with van der Waals surface area (Å²) in [6.45, 7) is 4.56. The molecule has 4 heteroatoms. The first-order valence-corrected chi connectivity index (χ1v) is 8.38. The number of hydrogen-bond acceptors (Lipinski definition) is 2. The lowest BCUT2D eigenvalue weighted by molar-refractivity contribution is 0.0837. The molecular weight excluding hydrogens is 364 g/mol. The van der Waals surface area contributed by atoms with E-state index < -0.39 is 0 Å². The van der Waals surface area contributed by atoms with E-state index in [-0.39, 0.29) is 5.92 Å². The summed E-state index contributed by atoms with van der Waals surface area (Å²) in [5.74, 6) is 1.96. The van der Waals surface area contributed by atoms with E-state index in [9.17, 15) is 4.79 Å². The van der Waals surface area contributed by atoms with Crippen molar-refractivity contribution in [3.8, 4) is 0 Å². The Morgan fingerprint density at radius 3 is 2.53 bits per heavy atom. The minimum absolute atomic E-state index is 0.221. The zero-order valence-corrected chi connectivity index (χ0v) is 14.0. The number of hydrogen-bond donors (Lipinski definition) is 0. The van der Waals surface area contributed by atoms with Gasteiger partial charge in [0.2, 0.25) is 0 Å². The van der Waals surface area contributed by atoms with Crippen LogP contribution in [0.1, 0.15) is 43.5 Å². The van der Waals surface area contributed by atoms with Crippen LogP contribution < -0.4 is 0 Å². The fraction of sp³-hybridized carbons (Fsp3) is 0.615. The van der Waals surface area contributed by atoms with Gasteiger partial charge in [-0.1, -0.05) is 13.8 Å². The van der Waals surface area contributed by atoms with E-state index in [2.05, 4.69) is 45.7 Å². The van der Waals surface area contributed by atoms with Crippen molar-refractivity contribution >= 4 is 49.0 Å².